The van der Waals surface area contributed by atoms with Crippen molar-refractivity contribution in [3.8, 4) is 0 Å². The van der Waals surface area contributed by atoms with Crippen LogP contribution in [0.1, 0.15) is 11.3 Å². The van der Waals surface area contributed by atoms with Gasteiger partial charge in [-0.05, 0) is 36.2 Å². The van der Waals surface area contributed by atoms with E-state index in [4.69, 9.17) is 21.9 Å². The summed E-state index contributed by atoms with van der Waals surface area (Å²) in [6, 6.07) is 8.06. The first kappa shape index (κ1) is 13.1. The molecule has 2 rings (SSSR count). The van der Waals surface area contributed by atoms with Crippen LogP contribution in [0.2, 0.25) is 5.02 Å². The highest BCUT2D eigenvalue weighted by Crippen LogP contribution is 2.19. The first-order valence-corrected chi connectivity index (χ1v) is 5.99. The monoisotopic (exact) mass is 268 g/mol. The van der Waals surface area contributed by atoms with Gasteiger partial charge in [0.2, 0.25) is 0 Å². The molecule has 0 aliphatic heterocycles. The molecule has 3 N–H and O–H groups in total. The Bertz CT molecular complexity index is 502. The first-order valence-electron chi connectivity index (χ1n) is 5.61. The van der Waals surface area contributed by atoms with Crippen LogP contribution >= 0.6 is 11.6 Å². The van der Waals surface area contributed by atoms with Gasteiger partial charge in [-0.15, -0.1) is 0 Å². The maximum atomic E-state index is 12.9. The standard InChI is InChI=1S/C13H14ClFN2O/c14-13-7-10(15)4-3-9(13)6-11(17-16)8-12-2-1-5-18-12/h1-5,7,11,17H,6,8,16H2. The molecule has 0 fully saturated rings. The molecule has 5 heteroatoms. The van der Waals surface area contributed by atoms with Crippen molar-refractivity contribution in [3.05, 3.63) is 58.8 Å². The largest absolute Gasteiger partial charge is 0.469 e. The maximum Gasteiger partial charge on any atom is 0.124 e. The summed E-state index contributed by atoms with van der Waals surface area (Å²) < 4.78 is 18.2. The topological polar surface area (TPSA) is 51.2 Å². The molecule has 18 heavy (non-hydrogen) atoms. The van der Waals surface area contributed by atoms with Crippen LogP contribution in [-0.4, -0.2) is 6.04 Å². The Labute approximate surface area is 110 Å². The molecule has 0 bridgehead atoms. The minimum Gasteiger partial charge on any atom is -0.469 e. The third kappa shape index (κ3) is 3.32. The van der Waals surface area contributed by atoms with E-state index < -0.39 is 0 Å². The lowest BCUT2D eigenvalue weighted by molar-refractivity contribution is 0.444. The minimum atomic E-state index is -0.341. The fourth-order valence-electron chi connectivity index (χ4n) is 1.81. The van der Waals surface area contributed by atoms with Crippen LogP contribution < -0.4 is 11.3 Å². The molecule has 0 saturated carbocycles. The highest BCUT2D eigenvalue weighted by atomic mass is 35.5. The van der Waals surface area contributed by atoms with Gasteiger partial charge in [-0.25, -0.2) is 4.39 Å². The smallest absolute Gasteiger partial charge is 0.124 e. The number of hydrazine groups is 1. The molecule has 2 aromatic rings. The molecule has 96 valence electrons. The highest BCUT2D eigenvalue weighted by molar-refractivity contribution is 6.31. The van der Waals surface area contributed by atoms with Crippen LogP contribution in [0.25, 0.3) is 0 Å². The Balaban J connectivity index is 2.05. The number of nitrogens with one attached hydrogen (secondary N) is 1. The quantitative estimate of drug-likeness (QED) is 0.648. The number of halogens is 2. The molecular formula is C13H14ClFN2O. The minimum absolute atomic E-state index is 0.0147. The van der Waals surface area contributed by atoms with Crippen molar-refractivity contribution < 1.29 is 8.81 Å². The Morgan fingerprint density at radius 1 is 1.33 bits per heavy atom. The van der Waals surface area contributed by atoms with Gasteiger partial charge in [0.1, 0.15) is 11.6 Å². The predicted molar refractivity (Wildman–Crippen MR) is 68.6 cm³/mol. The van der Waals surface area contributed by atoms with E-state index in [2.05, 4.69) is 5.43 Å². The molecule has 0 amide bonds. The number of benzene rings is 1. The van der Waals surface area contributed by atoms with Crippen LogP contribution in [0.15, 0.2) is 41.0 Å². The van der Waals surface area contributed by atoms with Crippen molar-refractivity contribution in [2.45, 2.75) is 18.9 Å². The summed E-state index contributed by atoms with van der Waals surface area (Å²) in [4.78, 5) is 0. The third-order valence-electron chi connectivity index (χ3n) is 2.74. The van der Waals surface area contributed by atoms with Gasteiger partial charge in [0.25, 0.3) is 0 Å². The van der Waals surface area contributed by atoms with E-state index in [0.29, 0.717) is 17.9 Å². The predicted octanol–water partition coefficient (Wildman–Crippen LogP) is 2.69. The van der Waals surface area contributed by atoms with Crippen molar-refractivity contribution in [3.63, 3.8) is 0 Å². The van der Waals surface area contributed by atoms with Gasteiger partial charge >= 0.3 is 0 Å². The van der Waals surface area contributed by atoms with Crippen LogP contribution in [0, 0.1) is 5.82 Å². The van der Waals surface area contributed by atoms with Gasteiger partial charge in [0.15, 0.2) is 0 Å². The molecule has 1 aromatic carbocycles. The van der Waals surface area contributed by atoms with E-state index in [1.807, 2.05) is 12.1 Å². The number of furan rings is 1. The molecule has 1 heterocycles. The van der Waals surface area contributed by atoms with Gasteiger partial charge in [0.05, 0.1) is 6.26 Å². The number of nitrogens with two attached hydrogens (primary N) is 1. The van der Waals surface area contributed by atoms with Crippen molar-refractivity contribution in [2.24, 2.45) is 5.84 Å². The van der Waals surface area contributed by atoms with Crippen LogP contribution in [0.4, 0.5) is 4.39 Å². The number of hydrogen-bond donors (Lipinski definition) is 2. The van der Waals surface area contributed by atoms with Crippen molar-refractivity contribution in [1.82, 2.24) is 5.43 Å². The maximum absolute atomic E-state index is 12.9. The van der Waals surface area contributed by atoms with Gasteiger partial charge in [0, 0.05) is 17.5 Å². The summed E-state index contributed by atoms with van der Waals surface area (Å²) in [5, 5.41) is 0.412. The normalized spacial score (nSPS) is 12.6. The Kier molecular flexibility index (Phi) is 4.36. The summed E-state index contributed by atoms with van der Waals surface area (Å²) in [6.45, 7) is 0. The van der Waals surface area contributed by atoms with E-state index >= 15 is 0 Å². The van der Waals surface area contributed by atoms with Gasteiger partial charge in [-0.2, -0.15) is 0 Å². The Morgan fingerprint density at radius 3 is 2.78 bits per heavy atom. The fourth-order valence-corrected chi connectivity index (χ4v) is 2.06. The van der Waals surface area contributed by atoms with Gasteiger partial charge in [-0.3, -0.25) is 11.3 Å². The average Bonchev–Trinajstić information content (AvgIpc) is 2.84. The first-order chi connectivity index (χ1) is 8.69. The highest BCUT2D eigenvalue weighted by Gasteiger charge is 2.13. The average molecular weight is 269 g/mol. The fraction of sp³-hybridized carbons (Fsp3) is 0.231. The van der Waals surface area contributed by atoms with Gasteiger partial charge < -0.3 is 4.42 Å². The lowest BCUT2D eigenvalue weighted by Crippen LogP contribution is -2.38. The van der Waals surface area contributed by atoms with Crippen molar-refractivity contribution in [1.29, 1.82) is 0 Å². The molecule has 0 aliphatic carbocycles. The van der Waals surface area contributed by atoms with Crippen LogP contribution in [-0.2, 0) is 12.8 Å². The lowest BCUT2D eigenvalue weighted by Gasteiger charge is -2.15. The molecule has 0 saturated heterocycles. The second-order valence-corrected chi connectivity index (χ2v) is 4.49. The molecular weight excluding hydrogens is 255 g/mol. The molecule has 0 radical (unpaired) electrons. The summed E-state index contributed by atoms with van der Waals surface area (Å²) >= 11 is 5.98. The van der Waals surface area contributed by atoms with E-state index in [1.54, 1.807) is 12.3 Å². The van der Waals surface area contributed by atoms with Crippen LogP contribution in [0.3, 0.4) is 0 Å². The molecule has 0 spiro atoms. The molecule has 0 aliphatic rings. The van der Waals surface area contributed by atoms with Gasteiger partial charge in [-0.1, -0.05) is 17.7 Å². The Hall–Kier alpha value is -1.36. The van der Waals surface area contributed by atoms with E-state index in [0.717, 1.165) is 11.3 Å². The molecule has 1 aromatic heterocycles. The zero-order chi connectivity index (χ0) is 13.0. The lowest BCUT2D eigenvalue weighted by atomic mass is 10.0. The second kappa shape index (κ2) is 6.00. The summed E-state index contributed by atoms with van der Waals surface area (Å²) in [7, 11) is 0. The Morgan fingerprint density at radius 2 is 2.17 bits per heavy atom. The number of hydrogen-bond acceptors (Lipinski definition) is 3. The van der Waals surface area contributed by atoms with Crippen LogP contribution in [0.5, 0.6) is 0 Å². The number of rotatable bonds is 5. The third-order valence-corrected chi connectivity index (χ3v) is 3.10. The zero-order valence-electron chi connectivity index (χ0n) is 9.70. The van der Waals surface area contributed by atoms with Crippen molar-refractivity contribution >= 4 is 11.6 Å². The second-order valence-electron chi connectivity index (χ2n) is 4.09. The van der Waals surface area contributed by atoms with Crippen molar-refractivity contribution in [2.75, 3.05) is 0 Å². The van der Waals surface area contributed by atoms with E-state index in [1.165, 1.54) is 12.1 Å². The zero-order valence-corrected chi connectivity index (χ0v) is 10.5. The van der Waals surface area contributed by atoms with E-state index in [9.17, 15) is 4.39 Å². The summed E-state index contributed by atoms with van der Waals surface area (Å²) in [6.07, 6.45) is 2.88. The summed E-state index contributed by atoms with van der Waals surface area (Å²) in [5.41, 5.74) is 3.57. The molecule has 1 atom stereocenters. The summed E-state index contributed by atoms with van der Waals surface area (Å²) in [5.74, 6) is 6.01. The SMILES string of the molecule is NNC(Cc1ccco1)Cc1ccc(F)cc1Cl. The van der Waals surface area contributed by atoms with E-state index in [-0.39, 0.29) is 11.9 Å². The molecule has 1 unspecified atom stereocenters. The molecule has 3 nitrogen and oxygen atoms in total.